The van der Waals surface area contributed by atoms with Gasteiger partial charge in [0.15, 0.2) is 0 Å². The second-order valence-corrected chi connectivity index (χ2v) is 5.88. The van der Waals surface area contributed by atoms with Crippen molar-refractivity contribution in [3.63, 3.8) is 0 Å². The summed E-state index contributed by atoms with van der Waals surface area (Å²) in [4.78, 5) is 0. The Morgan fingerprint density at radius 3 is 2.21 bits per heavy atom. The molecule has 19 heavy (non-hydrogen) atoms. The number of nitrogens with one attached hydrogen (secondary N) is 1. The van der Waals surface area contributed by atoms with Gasteiger partial charge >= 0.3 is 0 Å². The predicted molar refractivity (Wildman–Crippen MR) is 73.3 cm³/mol. The summed E-state index contributed by atoms with van der Waals surface area (Å²) in [5.41, 5.74) is -0.158. The highest BCUT2D eigenvalue weighted by Crippen LogP contribution is 2.28. The van der Waals surface area contributed by atoms with Gasteiger partial charge in [-0.25, -0.2) is 0 Å². The number of benzene rings is 1. The lowest BCUT2D eigenvalue weighted by molar-refractivity contribution is -0.0105. The van der Waals surface area contributed by atoms with E-state index in [1.807, 2.05) is 20.8 Å². The summed E-state index contributed by atoms with van der Waals surface area (Å²) in [7, 11) is 0. The van der Waals surface area contributed by atoms with Crippen LogP contribution in [0.3, 0.4) is 0 Å². The van der Waals surface area contributed by atoms with Gasteiger partial charge in [0.25, 0.3) is 5.92 Å². The monoisotopic (exact) mass is 271 g/mol. The van der Waals surface area contributed by atoms with Crippen molar-refractivity contribution in [2.24, 2.45) is 5.41 Å². The minimum Gasteiger partial charge on any atom is -0.396 e. The molecule has 0 heterocycles. The van der Waals surface area contributed by atoms with E-state index in [0.29, 0.717) is 6.42 Å². The van der Waals surface area contributed by atoms with Crippen molar-refractivity contribution in [2.45, 2.75) is 39.2 Å². The van der Waals surface area contributed by atoms with Crippen LogP contribution in [0.4, 0.5) is 8.78 Å². The van der Waals surface area contributed by atoms with Crippen LogP contribution in [0.15, 0.2) is 30.3 Å². The Hall–Kier alpha value is -1.00. The van der Waals surface area contributed by atoms with Crippen LogP contribution >= 0.6 is 0 Å². The molecular weight excluding hydrogens is 248 g/mol. The molecule has 108 valence electrons. The number of aliphatic hydroxyl groups is 1. The predicted octanol–water partition coefficient (Wildman–Crippen LogP) is 3.17. The maximum atomic E-state index is 14.0. The number of alkyl halides is 2. The van der Waals surface area contributed by atoms with Crippen LogP contribution in [0.2, 0.25) is 0 Å². The molecule has 0 spiro atoms. The van der Waals surface area contributed by atoms with Gasteiger partial charge in [-0.15, -0.1) is 0 Å². The number of aliphatic hydroxyl groups excluding tert-OH is 1. The zero-order valence-corrected chi connectivity index (χ0v) is 11.8. The largest absolute Gasteiger partial charge is 0.396 e. The summed E-state index contributed by atoms with van der Waals surface area (Å²) >= 11 is 0. The van der Waals surface area contributed by atoms with Crippen molar-refractivity contribution in [3.05, 3.63) is 35.9 Å². The molecule has 0 saturated carbocycles. The first-order valence-corrected chi connectivity index (χ1v) is 6.55. The molecule has 1 rings (SSSR count). The van der Waals surface area contributed by atoms with Gasteiger partial charge in [0.1, 0.15) is 0 Å². The molecule has 0 saturated heterocycles. The quantitative estimate of drug-likeness (QED) is 0.833. The van der Waals surface area contributed by atoms with E-state index in [1.54, 1.807) is 18.2 Å². The molecule has 0 radical (unpaired) electrons. The smallest absolute Gasteiger partial charge is 0.285 e. The molecule has 1 aromatic carbocycles. The summed E-state index contributed by atoms with van der Waals surface area (Å²) in [5.74, 6) is -2.90. The lowest BCUT2D eigenvalue weighted by Crippen LogP contribution is -2.45. The van der Waals surface area contributed by atoms with Gasteiger partial charge in [0, 0.05) is 18.2 Å². The molecule has 1 atom stereocenters. The van der Waals surface area contributed by atoms with Crippen LogP contribution in [-0.4, -0.2) is 24.3 Å². The maximum Gasteiger partial charge on any atom is 0.285 e. The Morgan fingerprint density at radius 2 is 1.74 bits per heavy atom. The molecule has 0 fully saturated rings. The summed E-state index contributed by atoms with van der Waals surface area (Å²) in [6.07, 6.45) is 0.467. The zero-order valence-electron chi connectivity index (χ0n) is 11.8. The highest BCUT2D eigenvalue weighted by atomic mass is 19.3. The highest BCUT2D eigenvalue weighted by Gasteiger charge is 2.33. The fraction of sp³-hybridized carbons (Fsp3) is 0.600. The Morgan fingerprint density at radius 1 is 1.16 bits per heavy atom. The van der Waals surface area contributed by atoms with Gasteiger partial charge in [-0.3, -0.25) is 0 Å². The standard InChI is InChI=1S/C15H23F2NO/c1-14(2,3)13(9-10-19)18-11-15(16,17)12-7-5-4-6-8-12/h4-8,13,18-19H,9-11H2,1-3H3. The Kier molecular flexibility index (Phi) is 5.44. The Balaban J connectivity index is 2.68. The summed E-state index contributed by atoms with van der Waals surface area (Å²) in [6.45, 7) is 5.49. The van der Waals surface area contributed by atoms with E-state index in [1.165, 1.54) is 12.1 Å². The topological polar surface area (TPSA) is 32.3 Å². The molecule has 0 amide bonds. The molecule has 0 aromatic heterocycles. The Bertz CT molecular complexity index is 373. The Labute approximate surface area is 113 Å². The van der Waals surface area contributed by atoms with Gasteiger partial charge < -0.3 is 10.4 Å². The minimum atomic E-state index is -2.90. The second kappa shape index (κ2) is 6.44. The molecule has 1 aromatic rings. The fourth-order valence-corrected chi connectivity index (χ4v) is 2.01. The van der Waals surface area contributed by atoms with Gasteiger partial charge in [-0.1, -0.05) is 51.1 Å². The van der Waals surface area contributed by atoms with Crippen LogP contribution in [0.25, 0.3) is 0 Å². The van der Waals surface area contributed by atoms with E-state index in [9.17, 15) is 8.78 Å². The third-order valence-electron chi connectivity index (χ3n) is 3.23. The molecule has 2 nitrogen and oxygen atoms in total. The molecule has 0 aliphatic heterocycles. The average Bonchev–Trinajstić information content (AvgIpc) is 2.34. The second-order valence-electron chi connectivity index (χ2n) is 5.88. The van der Waals surface area contributed by atoms with Crippen molar-refractivity contribution < 1.29 is 13.9 Å². The average molecular weight is 271 g/mol. The van der Waals surface area contributed by atoms with E-state index in [2.05, 4.69) is 5.32 Å². The van der Waals surface area contributed by atoms with Crippen LogP contribution < -0.4 is 5.32 Å². The van der Waals surface area contributed by atoms with E-state index in [0.717, 1.165) is 0 Å². The molecule has 1 unspecified atom stereocenters. The van der Waals surface area contributed by atoms with Gasteiger partial charge in [0.2, 0.25) is 0 Å². The van der Waals surface area contributed by atoms with Gasteiger partial charge in [-0.2, -0.15) is 8.78 Å². The van der Waals surface area contributed by atoms with E-state index in [4.69, 9.17) is 5.11 Å². The van der Waals surface area contributed by atoms with Crippen molar-refractivity contribution >= 4 is 0 Å². The van der Waals surface area contributed by atoms with Crippen molar-refractivity contribution in [2.75, 3.05) is 13.2 Å². The summed E-state index contributed by atoms with van der Waals surface area (Å²) in [5, 5.41) is 11.9. The summed E-state index contributed by atoms with van der Waals surface area (Å²) in [6, 6.07) is 7.65. The molecule has 4 heteroatoms. The number of halogens is 2. The van der Waals surface area contributed by atoms with Gasteiger partial charge in [-0.05, 0) is 11.8 Å². The van der Waals surface area contributed by atoms with Crippen molar-refractivity contribution in [1.82, 2.24) is 5.32 Å². The zero-order chi connectivity index (χ0) is 14.5. The molecule has 0 aliphatic rings. The van der Waals surface area contributed by atoms with Gasteiger partial charge in [0.05, 0.1) is 6.54 Å². The normalized spacial score (nSPS) is 14.4. The number of hydrogen-bond acceptors (Lipinski definition) is 2. The maximum absolute atomic E-state index is 14.0. The van der Waals surface area contributed by atoms with E-state index < -0.39 is 12.5 Å². The lowest BCUT2D eigenvalue weighted by Gasteiger charge is -2.32. The third kappa shape index (κ3) is 4.88. The minimum absolute atomic E-state index is 0.00809. The van der Waals surface area contributed by atoms with Crippen LogP contribution in [0.1, 0.15) is 32.8 Å². The van der Waals surface area contributed by atoms with E-state index >= 15 is 0 Å². The first-order chi connectivity index (χ1) is 8.77. The molecule has 2 N–H and O–H groups in total. The van der Waals surface area contributed by atoms with Crippen molar-refractivity contribution in [1.29, 1.82) is 0 Å². The van der Waals surface area contributed by atoms with Crippen LogP contribution in [-0.2, 0) is 5.92 Å². The first-order valence-electron chi connectivity index (χ1n) is 6.55. The fourth-order valence-electron chi connectivity index (χ4n) is 2.01. The summed E-state index contributed by atoms with van der Waals surface area (Å²) < 4.78 is 28.0. The first kappa shape index (κ1) is 16.1. The SMILES string of the molecule is CC(C)(C)C(CCO)NCC(F)(F)c1ccccc1. The van der Waals surface area contributed by atoms with E-state index in [-0.39, 0.29) is 23.6 Å². The highest BCUT2D eigenvalue weighted by molar-refractivity contribution is 5.20. The lowest BCUT2D eigenvalue weighted by atomic mass is 9.84. The number of rotatable bonds is 6. The van der Waals surface area contributed by atoms with Crippen LogP contribution in [0.5, 0.6) is 0 Å². The molecular formula is C15H23F2NO. The number of hydrogen-bond donors (Lipinski definition) is 2. The molecule has 0 bridgehead atoms. The third-order valence-corrected chi connectivity index (χ3v) is 3.23. The van der Waals surface area contributed by atoms with Crippen LogP contribution in [0, 0.1) is 5.41 Å². The van der Waals surface area contributed by atoms with Crippen molar-refractivity contribution in [3.8, 4) is 0 Å². The molecule has 0 aliphatic carbocycles.